The molecular weight excluding hydrogens is 392 g/mol. The molecule has 0 aliphatic heterocycles. The Balaban J connectivity index is 1.92. The van der Waals surface area contributed by atoms with Gasteiger partial charge < -0.3 is 9.14 Å². The number of ketones is 1. The molecule has 3 rings (SSSR count). The number of carbonyl (C=O) groups excluding carboxylic acids is 1. The molecule has 0 amide bonds. The third-order valence-corrected chi connectivity index (χ3v) is 4.84. The van der Waals surface area contributed by atoms with Gasteiger partial charge in [-0.15, -0.1) is 0 Å². The van der Waals surface area contributed by atoms with Crippen LogP contribution in [0.4, 0.5) is 0 Å². The summed E-state index contributed by atoms with van der Waals surface area (Å²) in [7, 11) is 0. The lowest BCUT2D eigenvalue weighted by Crippen LogP contribution is -2.12. The topological polar surface area (TPSA) is 43.6 Å². The van der Waals surface area contributed by atoms with Crippen LogP contribution >= 0.6 is 15.9 Å². The maximum absolute atomic E-state index is 11.8. The van der Waals surface area contributed by atoms with Gasteiger partial charge in [-0.2, -0.15) is 0 Å². The summed E-state index contributed by atoms with van der Waals surface area (Å²) in [6.45, 7) is 4.24. The number of hydrogen-bond donors (Lipinski definition) is 0. The molecule has 5 heteroatoms. The summed E-state index contributed by atoms with van der Waals surface area (Å²) < 4.78 is 8.96. The van der Waals surface area contributed by atoms with Crippen molar-refractivity contribution in [3.63, 3.8) is 0 Å². The Labute approximate surface area is 162 Å². The monoisotopic (exact) mass is 414 g/mol. The fourth-order valence-electron chi connectivity index (χ4n) is 3.08. The van der Waals surface area contributed by atoms with Crippen LogP contribution < -0.4 is 4.74 Å². The highest BCUT2D eigenvalue weighted by atomic mass is 79.9. The fourth-order valence-corrected chi connectivity index (χ4v) is 3.49. The molecular formula is C21H23BrN2O2. The van der Waals surface area contributed by atoms with Gasteiger partial charge in [0, 0.05) is 29.1 Å². The van der Waals surface area contributed by atoms with E-state index in [1.54, 1.807) is 0 Å². The minimum absolute atomic E-state index is 0.121. The molecule has 0 aliphatic carbocycles. The second-order valence-corrected chi connectivity index (χ2v) is 7.21. The van der Waals surface area contributed by atoms with Gasteiger partial charge in [0.15, 0.2) is 5.78 Å². The Hall–Kier alpha value is -2.14. The van der Waals surface area contributed by atoms with Crippen molar-refractivity contribution < 1.29 is 9.53 Å². The van der Waals surface area contributed by atoms with Gasteiger partial charge in [-0.05, 0) is 43.2 Å². The quantitative estimate of drug-likeness (QED) is 0.520. The second-order valence-electron chi connectivity index (χ2n) is 6.29. The van der Waals surface area contributed by atoms with E-state index in [1.165, 1.54) is 0 Å². The van der Waals surface area contributed by atoms with E-state index < -0.39 is 0 Å². The maximum atomic E-state index is 11.8. The number of imidazole rings is 1. The molecule has 0 N–H and O–H groups in total. The van der Waals surface area contributed by atoms with Gasteiger partial charge in [0.2, 0.25) is 0 Å². The zero-order valence-corrected chi connectivity index (χ0v) is 16.8. The number of nitrogens with zero attached hydrogens (tertiary/aromatic N) is 2. The van der Waals surface area contributed by atoms with E-state index in [0.29, 0.717) is 12.8 Å². The van der Waals surface area contributed by atoms with Crippen molar-refractivity contribution in [2.75, 3.05) is 6.61 Å². The molecule has 0 unspecified atom stereocenters. The maximum Gasteiger partial charge on any atom is 0.170 e. The van der Waals surface area contributed by atoms with E-state index in [4.69, 9.17) is 9.72 Å². The average Bonchev–Trinajstić information content (AvgIpc) is 2.99. The smallest absolute Gasteiger partial charge is 0.170 e. The Morgan fingerprint density at radius 3 is 2.85 bits per heavy atom. The molecule has 0 radical (unpaired) electrons. The van der Waals surface area contributed by atoms with Crippen LogP contribution in [0.2, 0.25) is 0 Å². The van der Waals surface area contributed by atoms with Gasteiger partial charge in [0.1, 0.15) is 18.0 Å². The molecule has 0 atom stereocenters. The molecule has 1 aromatic carbocycles. The summed E-state index contributed by atoms with van der Waals surface area (Å²) in [5, 5.41) is 0. The highest BCUT2D eigenvalue weighted by Gasteiger charge is 2.15. The number of pyridine rings is 1. The molecule has 0 spiro atoms. The first-order valence-corrected chi connectivity index (χ1v) is 9.79. The number of fused-ring (bicyclic) bond motifs is 1. The SMILES string of the molecule is CCCC(=O)COc1ccc(Br)cc1Cc1c(CC)nc2ccccn12. The standard InChI is InChI=1S/C21H23BrN2O2/c1-3-7-17(25)14-26-20-10-9-16(22)12-15(20)13-19-18(4-2)23-21-8-5-6-11-24(19)21/h5-6,8-12H,3-4,7,13-14H2,1-2H3. The number of Topliss-reactive ketones (excluding diaryl/α,β-unsaturated/α-hetero) is 1. The molecule has 0 fully saturated rings. The normalized spacial score (nSPS) is 11.0. The number of ether oxygens (including phenoxy) is 1. The number of aryl methyl sites for hydroxylation is 1. The van der Waals surface area contributed by atoms with Crippen molar-refractivity contribution >= 4 is 27.4 Å². The minimum atomic E-state index is 0.121. The van der Waals surface area contributed by atoms with Gasteiger partial charge >= 0.3 is 0 Å². The predicted molar refractivity (Wildman–Crippen MR) is 107 cm³/mol. The minimum Gasteiger partial charge on any atom is -0.486 e. The molecule has 2 heterocycles. The summed E-state index contributed by atoms with van der Waals surface area (Å²) in [6, 6.07) is 12.0. The molecule has 0 bridgehead atoms. The van der Waals surface area contributed by atoms with E-state index in [-0.39, 0.29) is 12.4 Å². The zero-order valence-electron chi connectivity index (χ0n) is 15.2. The largest absolute Gasteiger partial charge is 0.486 e. The first kappa shape index (κ1) is 18.6. The van der Waals surface area contributed by atoms with Gasteiger partial charge in [-0.1, -0.05) is 35.8 Å². The second kappa shape index (κ2) is 8.49. The first-order chi connectivity index (χ1) is 12.6. The Kier molecular flexibility index (Phi) is 6.09. The Morgan fingerprint density at radius 1 is 1.23 bits per heavy atom. The van der Waals surface area contributed by atoms with Gasteiger partial charge in [0.25, 0.3) is 0 Å². The van der Waals surface area contributed by atoms with Crippen molar-refractivity contribution in [1.29, 1.82) is 0 Å². The van der Waals surface area contributed by atoms with Crippen LogP contribution in [0.3, 0.4) is 0 Å². The van der Waals surface area contributed by atoms with Crippen LogP contribution in [0.1, 0.15) is 43.6 Å². The molecule has 4 nitrogen and oxygen atoms in total. The van der Waals surface area contributed by atoms with Crippen molar-refractivity contribution in [2.45, 2.75) is 39.5 Å². The fraction of sp³-hybridized carbons (Fsp3) is 0.333. The lowest BCUT2D eigenvalue weighted by Gasteiger charge is -2.12. The van der Waals surface area contributed by atoms with Gasteiger partial charge in [0.05, 0.1) is 11.4 Å². The molecule has 26 heavy (non-hydrogen) atoms. The van der Waals surface area contributed by atoms with Crippen molar-refractivity contribution in [3.8, 4) is 5.75 Å². The lowest BCUT2D eigenvalue weighted by molar-refractivity contribution is -0.121. The van der Waals surface area contributed by atoms with E-state index in [0.717, 1.165) is 45.7 Å². The Bertz CT molecular complexity index is 918. The van der Waals surface area contributed by atoms with Crippen LogP contribution in [-0.4, -0.2) is 21.8 Å². The van der Waals surface area contributed by atoms with E-state index >= 15 is 0 Å². The Morgan fingerprint density at radius 2 is 2.08 bits per heavy atom. The van der Waals surface area contributed by atoms with E-state index in [1.807, 2.05) is 43.5 Å². The van der Waals surface area contributed by atoms with Crippen LogP contribution in [0, 0.1) is 0 Å². The molecule has 0 saturated carbocycles. The molecule has 0 aliphatic rings. The van der Waals surface area contributed by atoms with E-state index in [2.05, 4.69) is 33.3 Å². The number of rotatable bonds is 8. The third kappa shape index (κ3) is 4.15. The van der Waals surface area contributed by atoms with Crippen LogP contribution in [0.15, 0.2) is 47.1 Å². The van der Waals surface area contributed by atoms with Gasteiger partial charge in [-0.25, -0.2) is 4.98 Å². The van der Waals surface area contributed by atoms with Crippen LogP contribution in [0.25, 0.3) is 5.65 Å². The molecule has 3 aromatic rings. The highest BCUT2D eigenvalue weighted by Crippen LogP contribution is 2.27. The number of aromatic nitrogens is 2. The van der Waals surface area contributed by atoms with E-state index in [9.17, 15) is 4.79 Å². The van der Waals surface area contributed by atoms with Gasteiger partial charge in [-0.3, -0.25) is 4.79 Å². The molecule has 136 valence electrons. The number of benzene rings is 1. The zero-order chi connectivity index (χ0) is 18.5. The molecule has 0 saturated heterocycles. The summed E-state index contributed by atoms with van der Waals surface area (Å²) in [4.78, 5) is 16.6. The molecule has 2 aromatic heterocycles. The van der Waals surface area contributed by atoms with Crippen molar-refractivity contribution in [2.24, 2.45) is 0 Å². The van der Waals surface area contributed by atoms with Crippen molar-refractivity contribution in [3.05, 3.63) is 64.0 Å². The number of carbonyl (C=O) groups is 1. The van der Waals surface area contributed by atoms with Crippen LogP contribution in [0.5, 0.6) is 5.75 Å². The number of halogens is 1. The first-order valence-electron chi connectivity index (χ1n) is 9.00. The van der Waals surface area contributed by atoms with Crippen molar-refractivity contribution in [1.82, 2.24) is 9.38 Å². The summed E-state index contributed by atoms with van der Waals surface area (Å²) in [5.74, 6) is 0.885. The average molecular weight is 415 g/mol. The number of hydrogen-bond acceptors (Lipinski definition) is 3. The summed E-state index contributed by atoms with van der Waals surface area (Å²) >= 11 is 3.55. The summed E-state index contributed by atoms with van der Waals surface area (Å²) in [6.07, 6.45) is 5.01. The highest BCUT2D eigenvalue weighted by molar-refractivity contribution is 9.10. The van der Waals surface area contributed by atoms with Crippen LogP contribution in [-0.2, 0) is 17.6 Å². The predicted octanol–water partition coefficient (Wildman–Crippen LogP) is 5.00. The summed E-state index contributed by atoms with van der Waals surface area (Å²) in [5.41, 5.74) is 4.24. The third-order valence-electron chi connectivity index (χ3n) is 4.34. The lowest BCUT2D eigenvalue weighted by atomic mass is 10.1.